The fourth-order valence-corrected chi connectivity index (χ4v) is 2.97. The van der Waals surface area contributed by atoms with Gasteiger partial charge in [-0.15, -0.1) is 0 Å². The van der Waals surface area contributed by atoms with Crippen LogP contribution in [0.25, 0.3) is 11.2 Å². The van der Waals surface area contributed by atoms with Crippen LogP contribution in [0.2, 0.25) is 0 Å². The number of hydrogen-bond donors (Lipinski definition) is 2. The van der Waals surface area contributed by atoms with Crippen LogP contribution in [0.15, 0.2) is 12.7 Å². The molecule has 7 nitrogen and oxygen atoms in total. The minimum atomic E-state index is -0.993. The molecule has 0 spiro atoms. The molecule has 1 fully saturated rings. The van der Waals surface area contributed by atoms with Crippen LogP contribution in [0.4, 0.5) is 0 Å². The van der Waals surface area contributed by atoms with Crippen LogP contribution in [0.1, 0.15) is 11.9 Å². The zero-order chi connectivity index (χ0) is 13.6. The number of fused-ring (bicyclic) bond motifs is 1. The summed E-state index contributed by atoms with van der Waals surface area (Å²) in [5.74, 6) is 0. The second-order valence-electron chi connectivity index (χ2n) is 4.48. The van der Waals surface area contributed by atoms with Gasteiger partial charge in [0.25, 0.3) is 0 Å². The van der Waals surface area contributed by atoms with E-state index >= 15 is 0 Å². The number of imidazole rings is 1. The molecule has 19 heavy (non-hydrogen) atoms. The largest absolute Gasteiger partial charge is 0.387 e. The molecule has 4 atom stereocenters. The lowest BCUT2D eigenvalue weighted by Gasteiger charge is -2.16. The lowest BCUT2D eigenvalue weighted by Crippen LogP contribution is -2.32. The summed E-state index contributed by atoms with van der Waals surface area (Å²) in [4.78, 5) is 12.5. The average molecular weight is 376 g/mol. The highest BCUT2D eigenvalue weighted by Crippen LogP contribution is 2.32. The predicted octanol–water partition coefficient (Wildman–Crippen LogP) is 0.189. The number of aliphatic hydroxyl groups is 2. The zero-order valence-corrected chi connectivity index (χ0v) is 12.3. The molecule has 1 unspecified atom stereocenters. The van der Waals surface area contributed by atoms with Gasteiger partial charge in [0, 0.05) is 4.43 Å². The summed E-state index contributed by atoms with van der Waals surface area (Å²) in [5.41, 5.74) is 2.03. The SMILES string of the molecule is Cc1ncnc2c1ncn2C1O[C@@H](CI)[C@@H](O)[C@H]1O. The lowest BCUT2D eigenvalue weighted by atomic mass is 10.1. The summed E-state index contributed by atoms with van der Waals surface area (Å²) in [5, 5.41) is 20.0. The van der Waals surface area contributed by atoms with Gasteiger partial charge in [0.1, 0.15) is 24.1 Å². The van der Waals surface area contributed by atoms with E-state index in [1.807, 2.05) is 6.92 Å². The Morgan fingerprint density at radius 1 is 1.32 bits per heavy atom. The van der Waals surface area contributed by atoms with E-state index in [0.717, 1.165) is 5.69 Å². The molecular formula is C11H13IN4O3. The van der Waals surface area contributed by atoms with Crippen molar-refractivity contribution in [1.29, 1.82) is 0 Å². The molecule has 8 heteroatoms. The Morgan fingerprint density at radius 3 is 2.79 bits per heavy atom. The first-order valence-electron chi connectivity index (χ1n) is 5.85. The quantitative estimate of drug-likeness (QED) is 0.574. The van der Waals surface area contributed by atoms with Gasteiger partial charge in [-0.3, -0.25) is 4.57 Å². The van der Waals surface area contributed by atoms with Crippen molar-refractivity contribution in [3.63, 3.8) is 0 Å². The van der Waals surface area contributed by atoms with Crippen LogP contribution in [0, 0.1) is 6.92 Å². The third kappa shape index (κ3) is 2.02. The Morgan fingerprint density at radius 2 is 2.11 bits per heavy atom. The van der Waals surface area contributed by atoms with E-state index in [9.17, 15) is 10.2 Å². The van der Waals surface area contributed by atoms with E-state index in [0.29, 0.717) is 15.6 Å². The van der Waals surface area contributed by atoms with Gasteiger partial charge in [-0.05, 0) is 6.92 Å². The molecule has 1 aliphatic rings. The average Bonchev–Trinajstić information content (AvgIpc) is 2.94. The van der Waals surface area contributed by atoms with Crippen molar-refractivity contribution < 1.29 is 14.9 Å². The van der Waals surface area contributed by atoms with E-state index in [4.69, 9.17) is 4.74 Å². The molecule has 2 aromatic heterocycles. The maximum absolute atomic E-state index is 10.1. The summed E-state index contributed by atoms with van der Waals surface area (Å²) in [6.07, 6.45) is 0.0520. The van der Waals surface area contributed by atoms with Crippen molar-refractivity contribution in [1.82, 2.24) is 19.5 Å². The zero-order valence-electron chi connectivity index (χ0n) is 10.1. The molecule has 0 aromatic carbocycles. The van der Waals surface area contributed by atoms with Crippen molar-refractivity contribution >= 4 is 33.8 Å². The van der Waals surface area contributed by atoms with Crippen molar-refractivity contribution in [3.8, 4) is 0 Å². The monoisotopic (exact) mass is 376 g/mol. The molecule has 0 amide bonds. The van der Waals surface area contributed by atoms with E-state index < -0.39 is 18.4 Å². The Hall–Kier alpha value is -0.840. The molecule has 1 aliphatic heterocycles. The van der Waals surface area contributed by atoms with Crippen LogP contribution in [0.3, 0.4) is 0 Å². The van der Waals surface area contributed by atoms with Crippen LogP contribution in [0.5, 0.6) is 0 Å². The Labute approximate surface area is 122 Å². The minimum absolute atomic E-state index is 0.388. The highest BCUT2D eigenvalue weighted by Gasteiger charge is 2.43. The number of aromatic nitrogens is 4. The second kappa shape index (κ2) is 4.93. The van der Waals surface area contributed by atoms with E-state index in [-0.39, 0.29) is 6.10 Å². The number of nitrogens with zero attached hydrogens (tertiary/aromatic N) is 4. The summed E-state index contributed by atoms with van der Waals surface area (Å²) in [6.45, 7) is 1.84. The number of halogens is 1. The first kappa shape index (κ1) is 13.2. The Balaban J connectivity index is 2.04. The van der Waals surface area contributed by atoms with Crippen molar-refractivity contribution in [2.75, 3.05) is 4.43 Å². The minimum Gasteiger partial charge on any atom is -0.387 e. The molecule has 1 saturated heterocycles. The molecule has 2 N–H and O–H groups in total. The molecule has 0 bridgehead atoms. The summed E-state index contributed by atoms with van der Waals surface area (Å²) >= 11 is 2.12. The molecule has 0 radical (unpaired) electrons. The molecular weight excluding hydrogens is 363 g/mol. The molecule has 3 heterocycles. The van der Waals surface area contributed by atoms with Gasteiger partial charge in [-0.25, -0.2) is 15.0 Å². The number of ether oxygens (including phenoxy) is 1. The fraction of sp³-hybridized carbons (Fsp3) is 0.545. The first-order valence-corrected chi connectivity index (χ1v) is 7.37. The van der Waals surface area contributed by atoms with E-state index in [1.165, 1.54) is 6.33 Å². The van der Waals surface area contributed by atoms with Crippen molar-refractivity contribution in [2.45, 2.75) is 31.5 Å². The van der Waals surface area contributed by atoms with Gasteiger partial charge in [-0.1, -0.05) is 22.6 Å². The van der Waals surface area contributed by atoms with Gasteiger partial charge in [0.15, 0.2) is 11.9 Å². The molecule has 0 saturated carbocycles. The number of aliphatic hydroxyl groups excluding tert-OH is 2. The maximum Gasteiger partial charge on any atom is 0.165 e. The van der Waals surface area contributed by atoms with Crippen LogP contribution in [-0.4, -0.2) is 52.5 Å². The fourth-order valence-electron chi connectivity index (χ4n) is 2.24. The predicted molar refractivity (Wildman–Crippen MR) is 74.9 cm³/mol. The topological polar surface area (TPSA) is 93.3 Å². The van der Waals surface area contributed by atoms with Gasteiger partial charge in [-0.2, -0.15) is 0 Å². The smallest absolute Gasteiger partial charge is 0.165 e. The van der Waals surface area contributed by atoms with E-state index in [1.54, 1.807) is 10.9 Å². The van der Waals surface area contributed by atoms with Gasteiger partial charge >= 0.3 is 0 Å². The van der Waals surface area contributed by atoms with Gasteiger partial charge in [0.05, 0.1) is 18.1 Å². The number of hydrogen-bond acceptors (Lipinski definition) is 6. The van der Waals surface area contributed by atoms with Gasteiger partial charge < -0.3 is 14.9 Å². The van der Waals surface area contributed by atoms with Crippen LogP contribution in [-0.2, 0) is 4.74 Å². The summed E-state index contributed by atoms with van der Waals surface area (Å²) in [6, 6.07) is 0. The van der Waals surface area contributed by atoms with Crippen LogP contribution < -0.4 is 0 Å². The van der Waals surface area contributed by atoms with Crippen molar-refractivity contribution in [3.05, 3.63) is 18.3 Å². The molecule has 3 rings (SSSR count). The standard InChI is InChI=1S/C11H13IN4O3/c1-5-7-10(14-3-13-5)16(4-15-7)11-9(18)8(17)6(2-12)19-11/h3-4,6,8-9,11,17-18H,2H2,1H3/t6-,8+,9+,11?/m0/s1. The molecule has 102 valence electrons. The Bertz CT molecular complexity index is 605. The number of aryl methyl sites for hydroxylation is 1. The third-order valence-electron chi connectivity index (χ3n) is 3.31. The number of rotatable bonds is 2. The third-order valence-corrected chi connectivity index (χ3v) is 4.17. The highest BCUT2D eigenvalue weighted by atomic mass is 127. The summed E-state index contributed by atoms with van der Waals surface area (Å²) in [7, 11) is 0. The highest BCUT2D eigenvalue weighted by molar-refractivity contribution is 14.1. The van der Waals surface area contributed by atoms with Gasteiger partial charge in [0.2, 0.25) is 0 Å². The normalized spacial score (nSPS) is 31.2. The lowest BCUT2D eigenvalue weighted by molar-refractivity contribution is -0.0283. The first-order chi connectivity index (χ1) is 9.13. The second-order valence-corrected chi connectivity index (χ2v) is 5.36. The Kier molecular flexibility index (Phi) is 3.41. The molecule has 0 aliphatic carbocycles. The van der Waals surface area contributed by atoms with Crippen LogP contribution >= 0.6 is 22.6 Å². The van der Waals surface area contributed by atoms with E-state index in [2.05, 4.69) is 37.5 Å². The molecule has 2 aromatic rings. The van der Waals surface area contributed by atoms with Crippen molar-refractivity contribution in [2.24, 2.45) is 0 Å². The maximum atomic E-state index is 10.1. The number of alkyl halides is 1. The summed E-state index contributed by atoms with van der Waals surface area (Å²) < 4.78 is 7.93.